The maximum absolute atomic E-state index is 12.5. The second kappa shape index (κ2) is 6.29. The zero-order valence-corrected chi connectivity index (χ0v) is 14.0. The number of nitrogens with one attached hydrogen (secondary N) is 1. The predicted molar refractivity (Wildman–Crippen MR) is 90.3 cm³/mol. The highest BCUT2D eigenvalue weighted by Gasteiger charge is 2.19. The Morgan fingerprint density at radius 3 is 2.70 bits per heavy atom. The van der Waals surface area contributed by atoms with Crippen molar-refractivity contribution in [3.05, 3.63) is 52.3 Å². The molecule has 1 N–H and O–H groups in total. The van der Waals surface area contributed by atoms with Crippen LogP contribution in [-0.4, -0.2) is 25.3 Å². The molecule has 0 fully saturated rings. The van der Waals surface area contributed by atoms with Gasteiger partial charge in [0, 0.05) is 0 Å². The van der Waals surface area contributed by atoms with E-state index in [0.29, 0.717) is 11.3 Å². The first kappa shape index (κ1) is 15.4. The molecule has 1 amide bonds. The Hall–Kier alpha value is -2.54. The molecule has 0 radical (unpaired) electrons. The lowest BCUT2D eigenvalue weighted by atomic mass is 10.2. The molecule has 0 atom stereocenters. The quantitative estimate of drug-likeness (QED) is 0.799. The number of para-hydroxylation sites is 1. The summed E-state index contributed by atoms with van der Waals surface area (Å²) in [6, 6.07) is 9.84. The molecule has 118 valence electrons. The average Bonchev–Trinajstić information content (AvgIpc) is 3.15. The topological polar surface area (TPSA) is 72.7 Å². The molecule has 3 rings (SSSR count). The number of rotatable bonds is 4. The Labute approximate surface area is 138 Å². The lowest BCUT2D eigenvalue weighted by Gasteiger charge is -2.06. The van der Waals surface area contributed by atoms with Crippen LogP contribution >= 0.6 is 11.5 Å². The molecule has 0 unspecified atom stereocenters. The van der Waals surface area contributed by atoms with E-state index >= 15 is 0 Å². The fourth-order valence-corrected chi connectivity index (χ4v) is 3.07. The molecule has 3 aromatic rings. The van der Waals surface area contributed by atoms with Crippen LogP contribution in [0.15, 0.2) is 30.3 Å². The third-order valence-corrected chi connectivity index (χ3v) is 4.39. The van der Waals surface area contributed by atoms with Crippen LogP contribution in [0.25, 0.3) is 5.69 Å². The van der Waals surface area contributed by atoms with Gasteiger partial charge in [0.05, 0.1) is 28.5 Å². The Bertz CT molecular complexity index is 838. The van der Waals surface area contributed by atoms with Crippen molar-refractivity contribution < 1.29 is 4.79 Å². The van der Waals surface area contributed by atoms with Gasteiger partial charge in [0.1, 0.15) is 4.88 Å². The minimum Gasteiger partial charge on any atom is -0.318 e. The van der Waals surface area contributed by atoms with Crippen molar-refractivity contribution in [2.45, 2.75) is 27.2 Å². The number of aromatic nitrogens is 4. The van der Waals surface area contributed by atoms with Gasteiger partial charge in [-0.3, -0.25) is 4.79 Å². The van der Waals surface area contributed by atoms with Crippen molar-refractivity contribution in [1.29, 1.82) is 0 Å². The van der Waals surface area contributed by atoms with E-state index in [-0.39, 0.29) is 5.91 Å². The lowest BCUT2D eigenvalue weighted by molar-refractivity contribution is 0.102. The summed E-state index contributed by atoms with van der Waals surface area (Å²) in [5.41, 5.74) is 4.07. The molecular weight excluding hydrogens is 310 g/mol. The van der Waals surface area contributed by atoms with Gasteiger partial charge in [-0.25, -0.2) is 4.68 Å². The monoisotopic (exact) mass is 327 g/mol. The summed E-state index contributed by atoms with van der Waals surface area (Å²) in [5, 5.41) is 11.5. The first-order chi connectivity index (χ1) is 11.1. The molecule has 7 heteroatoms. The summed E-state index contributed by atoms with van der Waals surface area (Å²) < 4.78 is 5.69. The van der Waals surface area contributed by atoms with Crippen molar-refractivity contribution in [1.82, 2.24) is 19.4 Å². The third-order valence-electron chi connectivity index (χ3n) is 3.63. The Balaban J connectivity index is 1.92. The minimum absolute atomic E-state index is 0.185. The predicted octanol–water partition coefficient (Wildman–Crippen LogP) is 3.16. The molecular formula is C16H17N5OS. The number of hydrogen-bond donors (Lipinski definition) is 1. The van der Waals surface area contributed by atoms with Crippen molar-refractivity contribution >= 4 is 23.1 Å². The van der Waals surface area contributed by atoms with Crippen molar-refractivity contribution in [2.24, 2.45) is 0 Å². The zero-order chi connectivity index (χ0) is 16.4. The summed E-state index contributed by atoms with van der Waals surface area (Å²) in [6.07, 6.45) is 0.681. The van der Waals surface area contributed by atoms with E-state index in [9.17, 15) is 4.79 Å². The van der Waals surface area contributed by atoms with Crippen LogP contribution in [0.1, 0.15) is 33.7 Å². The van der Waals surface area contributed by atoms with Crippen LogP contribution in [-0.2, 0) is 6.42 Å². The van der Waals surface area contributed by atoms with E-state index in [0.717, 1.165) is 40.0 Å². The van der Waals surface area contributed by atoms with Gasteiger partial charge < -0.3 is 5.32 Å². The number of amides is 1. The third kappa shape index (κ3) is 2.87. The van der Waals surface area contributed by atoms with Crippen molar-refractivity contribution in [2.75, 3.05) is 5.32 Å². The molecule has 0 aliphatic carbocycles. The minimum atomic E-state index is -0.185. The lowest BCUT2D eigenvalue weighted by Crippen LogP contribution is -2.13. The highest BCUT2D eigenvalue weighted by atomic mass is 32.1. The molecule has 6 nitrogen and oxygen atoms in total. The first-order valence-electron chi connectivity index (χ1n) is 7.36. The molecule has 2 aromatic heterocycles. The zero-order valence-electron chi connectivity index (χ0n) is 13.2. The van der Waals surface area contributed by atoms with E-state index in [4.69, 9.17) is 0 Å². The van der Waals surface area contributed by atoms with Gasteiger partial charge in [0.2, 0.25) is 0 Å². The standard InChI is InChI=1S/C16H17N5OS/c1-4-13-15(23-20-18-13)16(22)17-14-10(2)19-21(11(14)3)12-8-6-5-7-9-12/h5-9H,4H2,1-3H3,(H,17,22). The number of carbonyl (C=O) groups is 1. The summed E-state index contributed by atoms with van der Waals surface area (Å²) in [5.74, 6) is -0.185. The maximum Gasteiger partial charge on any atom is 0.269 e. The Kier molecular flexibility index (Phi) is 4.20. The maximum atomic E-state index is 12.5. The van der Waals surface area contributed by atoms with Crippen LogP contribution in [0.2, 0.25) is 0 Å². The van der Waals surface area contributed by atoms with E-state index in [2.05, 4.69) is 20.0 Å². The van der Waals surface area contributed by atoms with E-state index in [1.807, 2.05) is 55.8 Å². The highest BCUT2D eigenvalue weighted by Crippen LogP contribution is 2.24. The van der Waals surface area contributed by atoms with Crippen LogP contribution in [0.5, 0.6) is 0 Å². The SMILES string of the molecule is CCc1nnsc1C(=O)Nc1c(C)nn(-c2ccccc2)c1C. The summed E-state index contributed by atoms with van der Waals surface area (Å²) in [6.45, 7) is 5.78. The first-order valence-corrected chi connectivity index (χ1v) is 8.13. The Morgan fingerprint density at radius 1 is 1.26 bits per heavy atom. The van der Waals surface area contributed by atoms with Gasteiger partial charge >= 0.3 is 0 Å². The second-order valence-corrected chi connectivity index (χ2v) is 5.90. The molecule has 2 heterocycles. The van der Waals surface area contributed by atoms with Crippen LogP contribution in [0.3, 0.4) is 0 Å². The fourth-order valence-electron chi connectivity index (χ4n) is 2.43. The van der Waals surface area contributed by atoms with Gasteiger partial charge in [-0.1, -0.05) is 29.6 Å². The Morgan fingerprint density at radius 2 is 2.00 bits per heavy atom. The van der Waals surface area contributed by atoms with Gasteiger partial charge in [0.25, 0.3) is 5.91 Å². The van der Waals surface area contributed by atoms with Gasteiger partial charge in [-0.2, -0.15) is 5.10 Å². The van der Waals surface area contributed by atoms with Gasteiger partial charge in [0.15, 0.2) is 0 Å². The molecule has 0 saturated carbocycles. The van der Waals surface area contributed by atoms with Crippen LogP contribution < -0.4 is 5.32 Å². The average molecular weight is 327 g/mol. The van der Waals surface area contributed by atoms with Crippen LogP contribution in [0, 0.1) is 13.8 Å². The van der Waals surface area contributed by atoms with Crippen LogP contribution in [0.4, 0.5) is 5.69 Å². The molecule has 23 heavy (non-hydrogen) atoms. The fraction of sp³-hybridized carbons (Fsp3) is 0.250. The van der Waals surface area contributed by atoms with E-state index < -0.39 is 0 Å². The largest absolute Gasteiger partial charge is 0.318 e. The molecule has 0 saturated heterocycles. The normalized spacial score (nSPS) is 10.7. The molecule has 1 aromatic carbocycles. The summed E-state index contributed by atoms with van der Waals surface area (Å²) in [4.78, 5) is 13.0. The molecule has 0 bridgehead atoms. The van der Waals surface area contributed by atoms with E-state index in [1.54, 1.807) is 0 Å². The van der Waals surface area contributed by atoms with Gasteiger partial charge in [-0.05, 0) is 43.9 Å². The molecule has 0 spiro atoms. The number of anilines is 1. The second-order valence-electron chi connectivity index (χ2n) is 5.15. The number of nitrogens with zero attached hydrogens (tertiary/aromatic N) is 4. The number of hydrogen-bond acceptors (Lipinski definition) is 5. The number of carbonyl (C=O) groups excluding carboxylic acids is 1. The number of benzene rings is 1. The summed E-state index contributed by atoms with van der Waals surface area (Å²) >= 11 is 1.12. The van der Waals surface area contributed by atoms with E-state index in [1.165, 1.54) is 0 Å². The van der Waals surface area contributed by atoms with Crippen molar-refractivity contribution in [3.63, 3.8) is 0 Å². The summed E-state index contributed by atoms with van der Waals surface area (Å²) in [7, 11) is 0. The smallest absolute Gasteiger partial charge is 0.269 e. The van der Waals surface area contributed by atoms with Crippen molar-refractivity contribution in [3.8, 4) is 5.69 Å². The highest BCUT2D eigenvalue weighted by molar-refractivity contribution is 7.08. The number of aryl methyl sites for hydroxylation is 2. The molecule has 0 aliphatic rings. The van der Waals surface area contributed by atoms with Gasteiger partial charge in [-0.15, -0.1) is 5.10 Å². The molecule has 0 aliphatic heterocycles.